The predicted molar refractivity (Wildman–Crippen MR) is 139 cm³/mol. The summed E-state index contributed by atoms with van der Waals surface area (Å²) in [5.74, 6) is -0.849. The van der Waals surface area contributed by atoms with Gasteiger partial charge in [-0.3, -0.25) is 0 Å². The summed E-state index contributed by atoms with van der Waals surface area (Å²) in [7, 11) is 4.93. The molecule has 0 saturated heterocycles. The lowest BCUT2D eigenvalue weighted by molar-refractivity contribution is 0.0600. The fourth-order valence-electron chi connectivity index (χ4n) is 3.21. The smallest absolute Gasteiger partial charge is 0.337 e. The third kappa shape index (κ3) is 5.76. The molecule has 0 aliphatic heterocycles. The molecule has 5 N–H and O–H groups in total. The number of carbonyl (C=O) groups excluding carboxylic acids is 1. The van der Waals surface area contributed by atoms with E-state index in [-0.39, 0.29) is 11.5 Å². The molecule has 0 amide bonds. The molecule has 0 saturated carbocycles. The molecule has 4 rings (SSSR count). The van der Waals surface area contributed by atoms with Crippen LogP contribution in [0.2, 0.25) is 10.0 Å². The molecule has 9 nitrogen and oxygen atoms in total. The first-order valence-electron chi connectivity index (χ1n) is 10.2. The second-order valence-corrected chi connectivity index (χ2v) is 8.08. The Balaban J connectivity index is 0.000000225. The van der Waals surface area contributed by atoms with Crippen molar-refractivity contribution in [2.75, 3.05) is 30.5 Å². The molecule has 1 heterocycles. The topological polar surface area (TPSA) is 132 Å². The number of esters is 1. The summed E-state index contributed by atoms with van der Waals surface area (Å²) in [6.07, 6.45) is 0. The van der Waals surface area contributed by atoms with Crippen molar-refractivity contribution in [1.82, 2.24) is 9.55 Å². The van der Waals surface area contributed by atoms with E-state index in [9.17, 15) is 9.59 Å². The molecule has 0 aliphatic carbocycles. The Morgan fingerprint density at radius 3 is 2.29 bits per heavy atom. The predicted octanol–water partition coefficient (Wildman–Crippen LogP) is 5.42. The first-order chi connectivity index (χ1) is 16.7. The zero-order valence-electron chi connectivity index (χ0n) is 19.1. The highest BCUT2D eigenvalue weighted by Crippen LogP contribution is 2.33. The van der Waals surface area contributed by atoms with Gasteiger partial charge in [0, 0.05) is 14.1 Å². The lowest BCUT2D eigenvalue weighted by Gasteiger charge is -2.09. The van der Waals surface area contributed by atoms with Crippen LogP contribution in [-0.2, 0) is 11.8 Å². The van der Waals surface area contributed by atoms with Crippen LogP contribution in [0.25, 0.3) is 11.0 Å². The maximum Gasteiger partial charge on any atom is 0.337 e. The Labute approximate surface area is 211 Å². The first kappa shape index (κ1) is 25.7. The number of hydrogen-bond donors (Lipinski definition) is 4. The van der Waals surface area contributed by atoms with E-state index in [1.54, 1.807) is 60.1 Å². The van der Waals surface area contributed by atoms with Crippen LogP contribution in [0.4, 0.5) is 23.0 Å². The lowest BCUT2D eigenvalue weighted by atomic mass is 10.2. The number of rotatable bonds is 5. The lowest BCUT2D eigenvalue weighted by Crippen LogP contribution is -2.03. The number of nitrogens with two attached hydrogens (primary N) is 1. The summed E-state index contributed by atoms with van der Waals surface area (Å²) in [6.45, 7) is 0. The number of para-hydroxylation sites is 1. The van der Waals surface area contributed by atoms with Crippen LogP contribution in [0, 0.1) is 0 Å². The van der Waals surface area contributed by atoms with Gasteiger partial charge in [-0.25, -0.2) is 14.6 Å². The van der Waals surface area contributed by atoms with Crippen LogP contribution in [0.1, 0.15) is 20.7 Å². The van der Waals surface area contributed by atoms with Crippen LogP contribution in [0.15, 0.2) is 54.6 Å². The van der Waals surface area contributed by atoms with Gasteiger partial charge in [0.05, 0.1) is 56.4 Å². The van der Waals surface area contributed by atoms with Crippen molar-refractivity contribution < 1.29 is 19.4 Å². The molecule has 0 aliphatic rings. The molecule has 1 aromatic heterocycles. The number of ether oxygens (including phenoxy) is 1. The number of aromatic nitrogens is 2. The number of anilines is 4. The number of aryl methyl sites for hydroxylation is 1. The Bertz CT molecular complexity index is 1380. The highest BCUT2D eigenvalue weighted by atomic mass is 35.5. The molecule has 0 fully saturated rings. The molecular formula is C24H23Cl2N5O4. The normalized spacial score (nSPS) is 10.3. The number of benzene rings is 3. The number of fused-ring (bicyclic) bond motifs is 1. The van der Waals surface area contributed by atoms with Crippen molar-refractivity contribution in [3.05, 3.63) is 75.8 Å². The number of nitrogens with zero attached hydrogens (tertiary/aromatic N) is 2. The van der Waals surface area contributed by atoms with Gasteiger partial charge in [0.2, 0.25) is 5.95 Å². The SMILES string of the molecule is CNc1ccc(C(=O)OC)cc1N.Cn1c(Nc2c(Cl)cccc2Cl)nc2cc(C(=O)O)ccc21. The first-order valence-corrected chi connectivity index (χ1v) is 11.0. The summed E-state index contributed by atoms with van der Waals surface area (Å²) in [4.78, 5) is 26.5. The van der Waals surface area contributed by atoms with Crippen molar-refractivity contribution in [3.63, 3.8) is 0 Å². The van der Waals surface area contributed by atoms with Gasteiger partial charge in [0.15, 0.2) is 0 Å². The second kappa shape index (κ2) is 11.0. The van der Waals surface area contributed by atoms with Crippen molar-refractivity contribution in [3.8, 4) is 0 Å². The van der Waals surface area contributed by atoms with Crippen molar-refractivity contribution in [2.45, 2.75) is 0 Å². The minimum absolute atomic E-state index is 0.188. The van der Waals surface area contributed by atoms with Gasteiger partial charge < -0.3 is 30.8 Å². The molecule has 0 spiro atoms. The minimum Gasteiger partial charge on any atom is -0.478 e. The van der Waals surface area contributed by atoms with Crippen LogP contribution in [0.5, 0.6) is 0 Å². The molecule has 0 unspecified atom stereocenters. The summed E-state index contributed by atoms with van der Waals surface area (Å²) >= 11 is 12.3. The monoisotopic (exact) mass is 515 g/mol. The number of nitrogen functional groups attached to an aromatic ring is 1. The van der Waals surface area contributed by atoms with Crippen molar-refractivity contribution in [2.24, 2.45) is 7.05 Å². The van der Waals surface area contributed by atoms with E-state index in [0.717, 1.165) is 11.2 Å². The number of halogens is 2. The number of carboxylic acids is 1. The van der Waals surface area contributed by atoms with Crippen LogP contribution in [-0.4, -0.2) is 40.8 Å². The zero-order chi connectivity index (χ0) is 25.7. The molecule has 0 atom stereocenters. The maximum absolute atomic E-state index is 11.1. The van der Waals surface area contributed by atoms with E-state index in [1.807, 2.05) is 7.05 Å². The summed E-state index contributed by atoms with van der Waals surface area (Å²) < 4.78 is 6.36. The van der Waals surface area contributed by atoms with Gasteiger partial charge >= 0.3 is 11.9 Å². The van der Waals surface area contributed by atoms with E-state index >= 15 is 0 Å². The molecule has 0 bridgehead atoms. The number of carbonyl (C=O) groups is 2. The van der Waals surface area contributed by atoms with Gasteiger partial charge in [0.25, 0.3) is 0 Å². The fraction of sp³-hybridized carbons (Fsp3) is 0.125. The second-order valence-electron chi connectivity index (χ2n) is 7.27. The number of imidazole rings is 1. The highest BCUT2D eigenvalue weighted by Gasteiger charge is 2.13. The molecule has 0 radical (unpaired) electrons. The fourth-order valence-corrected chi connectivity index (χ4v) is 3.70. The van der Waals surface area contributed by atoms with Gasteiger partial charge in [-0.15, -0.1) is 0 Å². The number of carboxylic acid groups (broad SMARTS) is 1. The third-order valence-corrected chi connectivity index (χ3v) is 5.70. The van der Waals surface area contributed by atoms with E-state index in [2.05, 4.69) is 20.4 Å². The maximum atomic E-state index is 11.1. The van der Waals surface area contributed by atoms with E-state index in [1.165, 1.54) is 13.2 Å². The Morgan fingerprint density at radius 1 is 1.06 bits per heavy atom. The van der Waals surface area contributed by atoms with E-state index in [0.29, 0.717) is 38.4 Å². The van der Waals surface area contributed by atoms with Crippen molar-refractivity contribution in [1.29, 1.82) is 0 Å². The number of nitrogens with one attached hydrogen (secondary N) is 2. The Morgan fingerprint density at radius 2 is 1.71 bits per heavy atom. The average Bonchev–Trinajstić information content (AvgIpc) is 3.15. The van der Waals surface area contributed by atoms with Crippen LogP contribution >= 0.6 is 23.2 Å². The highest BCUT2D eigenvalue weighted by molar-refractivity contribution is 6.39. The molecular weight excluding hydrogens is 493 g/mol. The number of aromatic carboxylic acids is 1. The number of hydrogen-bond acceptors (Lipinski definition) is 7. The van der Waals surface area contributed by atoms with Gasteiger partial charge in [-0.1, -0.05) is 29.3 Å². The summed E-state index contributed by atoms with van der Waals surface area (Å²) in [6, 6.07) is 15.0. The molecule has 182 valence electrons. The zero-order valence-corrected chi connectivity index (χ0v) is 20.6. The molecule has 35 heavy (non-hydrogen) atoms. The van der Waals surface area contributed by atoms with Crippen LogP contribution in [0.3, 0.4) is 0 Å². The Hall–Kier alpha value is -3.95. The molecule has 3 aromatic carbocycles. The summed E-state index contributed by atoms with van der Waals surface area (Å²) in [5, 5.41) is 16.0. The molecule has 11 heteroatoms. The minimum atomic E-state index is -0.990. The number of methoxy groups -OCH3 is 1. The van der Waals surface area contributed by atoms with Crippen molar-refractivity contribution >= 4 is 69.2 Å². The standard InChI is InChI=1S/C15H11Cl2N3O2.C9H12N2O2/c1-20-12-6-5-8(14(21)22)7-11(12)18-15(20)19-13-9(16)3-2-4-10(13)17;1-11-8-4-3-6(5-7(8)10)9(12)13-2/h2-7H,1H3,(H,18,19)(H,21,22);3-5,11H,10H2,1-2H3. The van der Waals surface area contributed by atoms with Crippen LogP contribution < -0.4 is 16.4 Å². The largest absolute Gasteiger partial charge is 0.478 e. The summed E-state index contributed by atoms with van der Waals surface area (Å²) in [5.41, 5.74) is 9.57. The quantitative estimate of drug-likeness (QED) is 0.204. The van der Waals surface area contributed by atoms with E-state index in [4.69, 9.17) is 34.0 Å². The average molecular weight is 516 g/mol. The third-order valence-electron chi connectivity index (χ3n) is 5.07. The van der Waals surface area contributed by atoms with Gasteiger partial charge in [-0.05, 0) is 48.5 Å². The Kier molecular flexibility index (Phi) is 8.06. The van der Waals surface area contributed by atoms with Gasteiger partial charge in [0.1, 0.15) is 0 Å². The van der Waals surface area contributed by atoms with Gasteiger partial charge in [-0.2, -0.15) is 0 Å². The van der Waals surface area contributed by atoms with E-state index < -0.39 is 5.97 Å². The molecule has 4 aromatic rings.